The van der Waals surface area contributed by atoms with Crippen molar-refractivity contribution in [1.29, 1.82) is 0 Å². The fourth-order valence-electron chi connectivity index (χ4n) is 2.58. The standard InChI is InChI=1S/C14H21N3O/c1-3-13-8-12(9-14(15)16-13)11-4-6-17(7-5-11)10(2)18/h8-9,11H,3-7H2,1-2H3,(H2,15,16). The Labute approximate surface area is 108 Å². The van der Waals surface area contributed by atoms with Gasteiger partial charge in [0.15, 0.2) is 0 Å². The highest BCUT2D eigenvalue weighted by Gasteiger charge is 2.22. The number of aromatic nitrogens is 1. The topological polar surface area (TPSA) is 59.2 Å². The average molecular weight is 247 g/mol. The Bertz CT molecular complexity index is 437. The highest BCUT2D eigenvalue weighted by atomic mass is 16.2. The highest BCUT2D eigenvalue weighted by molar-refractivity contribution is 5.73. The number of nitrogens with two attached hydrogens (primary N) is 1. The van der Waals surface area contributed by atoms with Gasteiger partial charge in [-0.15, -0.1) is 0 Å². The Morgan fingerprint density at radius 2 is 2.11 bits per heavy atom. The molecule has 2 rings (SSSR count). The van der Waals surface area contributed by atoms with E-state index in [0.717, 1.165) is 38.0 Å². The van der Waals surface area contributed by atoms with E-state index < -0.39 is 0 Å². The second kappa shape index (κ2) is 5.38. The number of carbonyl (C=O) groups excluding carboxylic acids is 1. The van der Waals surface area contributed by atoms with Crippen LogP contribution in [0.1, 0.15) is 43.9 Å². The average Bonchev–Trinajstić information content (AvgIpc) is 2.38. The molecule has 1 aromatic rings. The lowest BCUT2D eigenvalue weighted by molar-refractivity contribution is -0.129. The zero-order chi connectivity index (χ0) is 13.1. The van der Waals surface area contributed by atoms with Crippen molar-refractivity contribution in [3.05, 3.63) is 23.4 Å². The van der Waals surface area contributed by atoms with Crippen LogP contribution in [0.25, 0.3) is 0 Å². The van der Waals surface area contributed by atoms with E-state index in [1.807, 2.05) is 11.0 Å². The van der Waals surface area contributed by atoms with E-state index in [1.165, 1.54) is 5.56 Å². The van der Waals surface area contributed by atoms with E-state index >= 15 is 0 Å². The third-order valence-electron chi connectivity index (χ3n) is 3.69. The summed E-state index contributed by atoms with van der Waals surface area (Å²) in [7, 11) is 0. The Morgan fingerprint density at radius 1 is 1.44 bits per heavy atom. The fourth-order valence-corrected chi connectivity index (χ4v) is 2.58. The predicted octanol–water partition coefficient (Wildman–Crippen LogP) is 1.95. The van der Waals surface area contributed by atoms with Crippen LogP contribution in [0.5, 0.6) is 0 Å². The van der Waals surface area contributed by atoms with Crippen LogP contribution in [0.3, 0.4) is 0 Å². The van der Waals surface area contributed by atoms with E-state index in [4.69, 9.17) is 5.73 Å². The molecule has 0 aliphatic carbocycles. The summed E-state index contributed by atoms with van der Waals surface area (Å²) in [4.78, 5) is 17.5. The number of likely N-dealkylation sites (tertiary alicyclic amines) is 1. The van der Waals surface area contributed by atoms with Crippen LogP contribution in [0, 0.1) is 0 Å². The quantitative estimate of drug-likeness (QED) is 0.869. The summed E-state index contributed by atoms with van der Waals surface area (Å²) in [5.41, 5.74) is 8.18. The first-order valence-electron chi connectivity index (χ1n) is 6.62. The van der Waals surface area contributed by atoms with Crippen LogP contribution < -0.4 is 5.73 Å². The van der Waals surface area contributed by atoms with Gasteiger partial charge in [0.05, 0.1) is 0 Å². The van der Waals surface area contributed by atoms with Crippen molar-refractivity contribution in [1.82, 2.24) is 9.88 Å². The molecule has 4 nitrogen and oxygen atoms in total. The lowest BCUT2D eigenvalue weighted by atomic mass is 9.89. The van der Waals surface area contributed by atoms with Crippen molar-refractivity contribution >= 4 is 11.7 Å². The van der Waals surface area contributed by atoms with Crippen LogP contribution in [0.2, 0.25) is 0 Å². The number of aryl methyl sites for hydroxylation is 1. The van der Waals surface area contributed by atoms with Crippen LogP contribution in [-0.4, -0.2) is 28.9 Å². The summed E-state index contributed by atoms with van der Waals surface area (Å²) in [6.45, 7) is 5.43. The first-order valence-corrected chi connectivity index (χ1v) is 6.62. The molecule has 2 heterocycles. The van der Waals surface area contributed by atoms with Crippen LogP contribution >= 0.6 is 0 Å². The smallest absolute Gasteiger partial charge is 0.219 e. The Morgan fingerprint density at radius 3 is 2.67 bits per heavy atom. The van der Waals surface area contributed by atoms with Crippen LogP contribution in [0.4, 0.5) is 5.82 Å². The number of nitrogens with zero attached hydrogens (tertiary/aromatic N) is 2. The van der Waals surface area contributed by atoms with Gasteiger partial charge in [-0.25, -0.2) is 4.98 Å². The minimum Gasteiger partial charge on any atom is -0.384 e. The Hall–Kier alpha value is -1.58. The SMILES string of the molecule is CCc1cc(C2CCN(C(C)=O)CC2)cc(N)n1. The summed E-state index contributed by atoms with van der Waals surface area (Å²) in [5, 5.41) is 0. The predicted molar refractivity (Wildman–Crippen MR) is 72.3 cm³/mol. The minimum absolute atomic E-state index is 0.178. The van der Waals surface area contributed by atoms with Crippen molar-refractivity contribution in [2.24, 2.45) is 0 Å². The van der Waals surface area contributed by atoms with Gasteiger partial charge in [0.25, 0.3) is 0 Å². The van der Waals surface area contributed by atoms with Crippen molar-refractivity contribution < 1.29 is 4.79 Å². The zero-order valence-corrected chi connectivity index (χ0v) is 11.1. The largest absolute Gasteiger partial charge is 0.384 e. The first kappa shape index (κ1) is 12.9. The molecule has 0 atom stereocenters. The van der Waals surface area contributed by atoms with Crippen molar-refractivity contribution in [2.75, 3.05) is 18.8 Å². The summed E-state index contributed by atoms with van der Waals surface area (Å²) in [5.74, 6) is 1.30. The maximum Gasteiger partial charge on any atom is 0.219 e. The van der Waals surface area contributed by atoms with Crippen molar-refractivity contribution in [3.8, 4) is 0 Å². The van der Waals surface area contributed by atoms with Gasteiger partial charge in [-0.05, 0) is 42.9 Å². The van der Waals surface area contributed by atoms with Crippen LogP contribution in [0.15, 0.2) is 12.1 Å². The third kappa shape index (κ3) is 2.81. The molecule has 0 radical (unpaired) electrons. The number of hydrogen-bond donors (Lipinski definition) is 1. The molecule has 98 valence electrons. The van der Waals surface area contributed by atoms with E-state index in [9.17, 15) is 4.79 Å². The highest BCUT2D eigenvalue weighted by Crippen LogP contribution is 2.29. The van der Waals surface area contributed by atoms with E-state index in [-0.39, 0.29) is 5.91 Å². The van der Waals surface area contributed by atoms with Gasteiger partial charge in [-0.1, -0.05) is 6.92 Å². The molecule has 0 unspecified atom stereocenters. The second-order valence-corrected chi connectivity index (χ2v) is 4.95. The summed E-state index contributed by atoms with van der Waals surface area (Å²) < 4.78 is 0. The van der Waals surface area contributed by atoms with Gasteiger partial charge < -0.3 is 10.6 Å². The summed E-state index contributed by atoms with van der Waals surface area (Å²) >= 11 is 0. The first-order chi connectivity index (χ1) is 8.60. The summed E-state index contributed by atoms with van der Waals surface area (Å²) in [6, 6.07) is 4.14. The molecular formula is C14H21N3O. The van der Waals surface area contributed by atoms with E-state index in [2.05, 4.69) is 18.0 Å². The third-order valence-corrected chi connectivity index (χ3v) is 3.69. The number of anilines is 1. The minimum atomic E-state index is 0.178. The molecule has 1 fully saturated rings. The number of piperidine rings is 1. The number of nitrogen functional groups attached to an aromatic ring is 1. The monoisotopic (exact) mass is 247 g/mol. The molecule has 1 amide bonds. The molecule has 18 heavy (non-hydrogen) atoms. The van der Waals surface area contributed by atoms with Crippen LogP contribution in [-0.2, 0) is 11.2 Å². The molecule has 1 aromatic heterocycles. The molecule has 0 saturated carbocycles. The molecule has 0 spiro atoms. The van der Waals surface area contributed by atoms with Gasteiger partial charge in [0.1, 0.15) is 5.82 Å². The maximum absolute atomic E-state index is 11.3. The number of hydrogen-bond acceptors (Lipinski definition) is 3. The summed E-state index contributed by atoms with van der Waals surface area (Å²) in [6.07, 6.45) is 2.95. The second-order valence-electron chi connectivity index (χ2n) is 4.95. The van der Waals surface area contributed by atoms with E-state index in [1.54, 1.807) is 6.92 Å². The van der Waals surface area contributed by atoms with Gasteiger partial charge in [0, 0.05) is 25.7 Å². The van der Waals surface area contributed by atoms with Gasteiger partial charge >= 0.3 is 0 Å². The lowest BCUT2D eigenvalue weighted by Gasteiger charge is -2.31. The van der Waals surface area contributed by atoms with Crippen molar-refractivity contribution in [2.45, 2.75) is 39.0 Å². The molecule has 2 N–H and O–H groups in total. The molecule has 0 aromatic carbocycles. The molecule has 0 bridgehead atoms. The number of rotatable bonds is 2. The zero-order valence-electron chi connectivity index (χ0n) is 11.1. The molecule has 1 saturated heterocycles. The van der Waals surface area contributed by atoms with Gasteiger partial charge in [-0.2, -0.15) is 0 Å². The van der Waals surface area contributed by atoms with Gasteiger partial charge in [0.2, 0.25) is 5.91 Å². The normalized spacial score (nSPS) is 16.9. The lowest BCUT2D eigenvalue weighted by Crippen LogP contribution is -2.36. The number of amides is 1. The van der Waals surface area contributed by atoms with Crippen molar-refractivity contribution in [3.63, 3.8) is 0 Å². The Balaban J connectivity index is 2.09. The molecule has 1 aliphatic rings. The maximum atomic E-state index is 11.3. The molecule has 1 aliphatic heterocycles. The fraction of sp³-hybridized carbons (Fsp3) is 0.571. The number of pyridine rings is 1. The molecular weight excluding hydrogens is 226 g/mol. The molecule has 4 heteroatoms. The Kier molecular flexibility index (Phi) is 3.84. The van der Waals surface area contributed by atoms with Gasteiger partial charge in [-0.3, -0.25) is 4.79 Å². The number of carbonyl (C=O) groups is 1. The van der Waals surface area contributed by atoms with E-state index in [0.29, 0.717) is 11.7 Å².